The van der Waals surface area contributed by atoms with Gasteiger partial charge >= 0.3 is 0 Å². The summed E-state index contributed by atoms with van der Waals surface area (Å²) in [5, 5.41) is 4.53. The second-order valence-electron chi connectivity index (χ2n) is 5.57. The maximum absolute atomic E-state index is 14.2. The topological polar surface area (TPSA) is 28.4 Å². The number of hydrogen-bond acceptors (Lipinski definition) is 2. The van der Waals surface area contributed by atoms with E-state index in [-0.39, 0.29) is 12.4 Å². The fourth-order valence-electron chi connectivity index (χ4n) is 2.40. The number of hydrogen-bond donors (Lipinski definition) is 1. The molecule has 1 aromatic heterocycles. The van der Waals surface area contributed by atoms with Crippen LogP contribution in [0.1, 0.15) is 11.3 Å². The standard InChI is InChI=1S/C19H15Cl2FN2OS/c20-13-6-8-14(9-7-13)23-19(26)24(11-15-3-2-10-25-15)12-16-17(21)4-1-5-18(16)22/h1-10H,11-12H2,(H,23,26). The number of nitrogens with one attached hydrogen (secondary N) is 1. The molecule has 1 heterocycles. The lowest BCUT2D eigenvalue weighted by Crippen LogP contribution is -2.34. The fourth-order valence-corrected chi connectivity index (χ4v) is 3.00. The molecule has 2 aromatic carbocycles. The molecule has 0 aliphatic carbocycles. The van der Waals surface area contributed by atoms with Gasteiger partial charge in [-0.2, -0.15) is 0 Å². The van der Waals surface area contributed by atoms with Crippen molar-refractivity contribution in [1.82, 2.24) is 4.90 Å². The van der Waals surface area contributed by atoms with Crippen molar-refractivity contribution in [2.75, 3.05) is 5.32 Å². The van der Waals surface area contributed by atoms with E-state index in [4.69, 9.17) is 39.8 Å². The van der Waals surface area contributed by atoms with Gasteiger partial charge in [-0.25, -0.2) is 4.39 Å². The molecular formula is C19H15Cl2FN2OS. The Hall–Kier alpha value is -2.08. The Morgan fingerprint density at radius 3 is 2.46 bits per heavy atom. The van der Waals surface area contributed by atoms with Crippen molar-refractivity contribution in [3.8, 4) is 0 Å². The van der Waals surface area contributed by atoms with Crippen molar-refractivity contribution in [1.29, 1.82) is 0 Å². The van der Waals surface area contributed by atoms with Gasteiger partial charge in [0.25, 0.3) is 0 Å². The third-order valence-electron chi connectivity index (χ3n) is 3.72. The number of furan rings is 1. The van der Waals surface area contributed by atoms with Crippen molar-refractivity contribution in [2.24, 2.45) is 0 Å². The van der Waals surface area contributed by atoms with E-state index in [1.165, 1.54) is 6.07 Å². The van der Waals surface area contributed by atoms with E-state index >= 15 is 0 Å². The fraction of sp³-hybridized carbons (Fsp3) is 0.105. The molecule has 7 heteroatoms. The van der Waals surface area contributed by atoms with Crippen molar-refractivity contribution in [3.05, 3.63) is 88.0 Å². The molecule has 0 atom stereocenters. The van der Waals surface area contributed by atoms with E-state index in [0.29, 0.717) is 33.0 Å². The van der Waals surface area contributed by atoms with E-state index in [1.54, 1.807) is 41.5 Å². The van der Waals surface area contributed by atoms with Crippen LogP contribution in [0, 0.1) is 5.82 Å². The molecule has 0 saturated carbocycles. The molecule has 0 spiro atoms. The van der Waals surface area contributed by atoms with E-state index in [9.17, 15) is 4.39 Å². The lowest BCUT2D eigenvalue weighted by atomic mass is 10.2. The van der Waals surface area contributed by atoms with Gasteiger partial charge < -0.3 is 14.6 Å². The van der Waals surface area contributed by atoms with E-state index in [0.717, 1.165) is 5.69 Å². The summed E-state index contributed by atoms with van der Waals surface area (Å²) < 4.78 is 19.6. The number of rotatable bonds is 5. The van der Waals surface area contributed by atoms with Crippen molar-refractivity contribution < 1.29 is 8.81 Å². The van der Waals surface area contributed by atoms with Crippen LogP contribution in [0.2, 0.25) is 10.0 Å². The summed E-state index contributed by atoms with van der Waals surface area (Å²) >= 11 is 17.6. The first-order chi connectivity index (χ1) is 12.5. The van der Waals surface area contributed by atoms with Crippen LogP contribution in [-0.2, 0) is 13.1 Å². The predicted octanol–water partition coefficient (Wildman–Crippen LogP) is 6.12. The van der Waals surface area contributed by atoms with Gasteiger partial charge in [0, 0.05) is 27.8 Å². The summed E-state index contributed by atoms with van der Waals surface area (Å²) in [5.41, 5.74) is 1.16. The molecule has 3 nitrogen and oxygen atoms in total. The number of benzene rings is 2. The zero-order chi connectivity index (χ0) is 18.5. The Labute approximate surface area is 166 Å². The van der Waals surface area contributed by atoms with Crippen LogP contribution in [0.4, 0.5) is 10.1 Å². The molecule has 0 fully saturated rings. The molecule has 0 amide bonds. The Kier molecular flexibility index (Phi) is 6.14. The normalized spacial score (nSPS) is 10.6. The van der Waals surface area contributed by atoms with Gasteiger partial charge in [0.15, 0.2) is 5.11 Å². The van der Waals surface area contributed by atoms with E-state index in [1.807, 2.05) is 18.2 Å². The van der Waals surface area contributed by atoms with E-state index in [2.05, 4.69) is 5.32 Å². The zero-order valence-corrected chi connectivity index (χ0v) is 15.9. The van der Waals surface area contributed by atoms with Gasteiger partial charge in [0.05, 0.1) is 12.8 Å². The summed E-state index contributed by atoms with van der Waals surface area (Å²) in [6.45, 7) is 0.572. The first-order valence-corrected chi connectivity index (χ1v) is 8.96. The molecule has 1 N–H and O–H groups in total. The molecule has 134 valence electrons. The average molecular weight is 409 g/mol. The third kappa shape index (κ3) is 4.75. The number of thiocarbonyl (C=S) groups is 1. The summed E-state index contributed by atoms with van der Waals surface area (Å²) in [7, 11) is 0. The molecule has 0 saturated heterocycles. The van der Waals surface area contributed by atoms with Gasteiger partial charge in [-0.15, -0.1) is 0 Å². The Bertz CT molecular complexity index is 865. The molecule has 0 aliphatic rings. The van der Waals surface area contributed by atoms with Crippen LogP contribution in [0.15, 0.2) is 65.3 Å². The number of anilines is 1. The van der Waals surface area contributed by atoms with Gasteiger partial charge in [-0.05, 0) is 60.7 Å². The summed E-state index contributed by atoms with van der Waals surface area (Å²) in [6, 6.07) is 15.4. The Balaban J connectivity index is 1.82. The third-order valence-corrected chi connectivity index (χ3v) is 4.69. The first kappa shape index (κ1) is 18.7. The number of halogens is 3. The molecule has 0 unspecified atom stereocenters. The van der Waals surface area contributed by atoms with Crippen LogP contribution in [0.3, 0.4) is 0 Å². The second-order valence-corrected chi connectivity index (χ2v) is 6.80. The lowest BCUT2D eigenvalue weighted by molar-refractivity contribution is 0.355. The lowest BCUT2D eigenvalue weighted by Gasteiger charge is -2.26. The minimum absolute atomic E-state index is 0.200. The van der Waals surface area contributed by atoms with Crippen LogP contribution in [0.25, 0.3) is 0 Å². The second kappa shape index (κ2) is 8.54. The SMILES string of the molecule is Fc1cccc(Cl)c1CN(Cc1ccco1)C(=S)Nc1ccc(Cl)cc1. The molecule has 3 rings (SSSR count). The van der Waals surface area contributed by atoms with E-state index < -0.39 is 0 Å². The minimum atomic E-state index is -0.378. The van der Waals surface area contributed by atoms with Crippen LogP contribution < -0.4 is 5.32 Å². The first-order valence-electron chi connectivity index (χ1n) is 7.79. The van der Waals surface area contributed by atoms with Gasteiger partial charge in [-0.1, -0.05) is 29.3 Å². The van der Waals surface area contributed by atoms with Gasteiger partial charge in [0.1, 0.15) is 11.6 Å². The monoisotopic (exact) mass is 408 g/mol. The average Bonchev–Trinajstić information content (AvgIpc) is 3.12. The highest BCUT2D eigenvalue weighted by Gasteiger charge is 2.17. The summed E-state index contributed by atoms with van der Waals surface area (Å²) in [6.07, 6.45) is 1.58. The Morgan fingerprint density at radius 1 is 1.04 bits per heavy atom. The van der Waals surface area contributed by atoms with Crippen molar-refractivity contribution in [2.45, 2.75) is 13.1 Å². The summed E-state index contributed by atoms with van der Waals surface area (Å²) in [5.74, 6) is 0.328. The molecule has 3 aromatic rings. The highest BCUT2D eigenvalue weighted by Crippen LogP contribution is 2.23. The smallest absolute Gasteiger partial charge is 0.174 e. The van der Waals surface area contributed by atoms with Crippen molar-refractivity contribution >= 4 is 46.2 Å². The maximum atomic E-state index is 14.2. The quantitative estimate of drug-likeness (QED) is 0.514. The largest absolute Gasteiger partial charge is 0.467 e. The highest BCUT2D eigenvalue weighted by molar-refractivity contribution is 7.80. The molecular weight excluding hydrogens is 394 g/mol. The number of nitrogens with zero attached hydrogens (tertiary/aromatic N) is 1. The minimum Gasteiger partial charge on any atom is -0.467 e. The van der Waals surface area contributed by atoms with Crippen molar-refractivity contribution in [3.63, 3.8) is 0 Å². The predicted molar refractivity (Wildman–Crippen MR) is 107 cm³/mol. The van der Waals surface area contributed by atoms with Crippen LogP contribution in [-0.4, -0.2) is 10.0 Å². The molecule has 0 radical (unpaired) electrons. The highest BCUT2D eigenvalue weighted by atomic mass is 35.5. The van der Waals surface area contributed by atoms with Crippen LogP contribution in [0.5, 0.6) is 0 Å². The summed E-state index contributed by atoms with van der Waals surface area (Å²) in [4.78, 5) is 1.78. The zero-order valence-electron chi connectivity index (χ0n) is 13.6. The Morgan fingerprint density at radius 2 is 1.81 bits per heavy atom. The molecule has 0 bridgehead atoms. The molecule has 0 aliphatic heterocycles. The van der Waals surface area contributed by atoms with Gasteiger partial charge in [0.2, 0.25) is 0 Å². The molecule has 26 heavy (non-hydrogen) atoms. The van der Waals surface area contributed by atoms with Gasteiger partial charge in [-0.3, -0.25) is 0 Å². The maximum Gasteiger partial charge on any atom is 0.174 e. The van der Waals surface area contributed by atoms with Crippen LogP contribution >= 0.6 is 35.4 Å².